The Morgan fingerprint density at radius 2 is 2.26 bits per heavy atom. The van der Waals surface area contributed by atoms with Crippen molar-refractivity contribution in [1.82, 2.24) is 14.9 Å². The number of aromatic nitrogens is 2. The molecule has 0 bridgehead atoms. The summed E-state index contributed by atoms with van der Waals surface area (Å²) in [4.78, 5) is 28.8. The van der Waals surface area contributed by atoms with Gasteiger partial charge in [0.1, 0.15) is 6.54 Å². The predicted molar refractivity (Wildman–Crippen MR) is 94.2 cm³/mol. The van der Waals surface area contributed by atoms with Crippen LogP contribution < -0.4 is 16.6 Å². The second-order valence-corrected chi connectivity index (χ2v) is 6.40. The number of benzene rings is 1. The van der Waals surface area contributed by atoms with Crippen LogP contribution in [0.1, 0.15) is 26.2 Å². The molecule has 2 aromatic rings. The number of hydrogen-bond acceptors (Lipinski definition) is 4. The molecular formula is C16H21BrN4O2. The molecule has 1 aromatic heterocycles. The van der Waals surface area contributed by atoms with Gasteiger partial charge in [0.25, 0.3) is 5.56 Å². The average molecular weight is 381 g/mol. The summed E-state index contributed by atoms with van der Waals surface area (Å²) >= 11 is 3.34. The predicted octanol–water partition coefficient (Wildman–Crippen LogP) is 1.79. The summed E-state index contributed by atoms with van der Waals surface area (Å²) < 4.78 is 2.12. The van der Waals surface area contributed by atoms with Gasteiger partial charge in [0, 0.05) is 17.1 Å². The fraction of sp³-hybridized carbons (Fsp3) is 0.438. The number of nitrogens with zero attached hydrogens (tertiary/aromatic N) is 2. The zero-order valence-electron chi connectivity index (χ0n) is 13.1. The molecule has 1 unspecified atom stereocenters. The highest BCUT2D eigenvalue weighted by molar-refractivity contribution is 9.10. The average Bonchev–Trinajstić information content (AvgIpc) is 2.54. The van der Waals surface area contributed by atoms with Crippen molar-refractivity contribution in [3.63, 3.8) is 0 Å². The van der Waals surface area contributed by atoms with Crippen molar-refractivity contribution < 1.29 is 4.79 Å². The first-order valence-corrected chi connectivity index (χ1v) is 8.48. The monoisotopic (exact) mass is 380 g/mol. The van der Waals surface area contributed by atoms with Crippen molar-refractivity contribution in [3.8, 4) is 0 Å². The van der Waals surface area contributed by atoms with Crippen LogP contribution in [0.5, 0.6) is 0 Å². The van der Waals surface area contributed by atoms with E-state index in [0.717, 1.165) is 23.7 Å². The Bertz CT molecular complexity index is 744. The Labute approximate surface area is 143 Å². The Hall–Kier alpha value is -1.73. The fourth-order valence-electron chi connectivity index (χ4n) is 2.37. The first kappa shape index (κ1) is 17.6. The lowest BCUT2D eigenvalue weighted by Gasteiger charge is -2.16. The van der Waals surface area contributed by atoms with Crippen LogP contribution in [0, 0.1) is 0 Å². The molecule has 1 aromatic carbocycles. The second kappa shape index (κ2) is 8.21. The molecule has 0 radical (unpaired) electrons. The maximum absolute atomic E-state index is 12.4. The lowest BCUT2D eigenvalue weighted by Crippen LogP contribution is -2.42. The molecule has 0 saturated carbocycles. The molecule has 0 aliphatic rings. The Morgan fingerprint density at radius 3 is 2.96 bits per heavy atom. The topological polar surface area (TPSA) is 90.0 Å². The number of halogens is 1. The zero-order chi connectivity index (χ0) is 16.8. The van der Waals surface area contributed by atoms with Gasteiger partial charge >= 0.3 is 0 Å². The highest BCUT2D eigenvalue weighted by Crippen LogP contribution is 2.14. The molecule has 6 nitrogen and oxygen atoms in total. The third-order valence-corrected chi connectivity index (χ3v) is 4.15. The minimum absolute atomic E-state index is 0.0549. The summed E-state index contributed by atoms with van der Waals surface area (Å²) in [5.41, 5.74) is 6.05. The third-order valence-electron chi connectivity index (χ3n) is 3.66. The zero-order valence-corrected chi connectivity index (χ0v) is 14.7. The van der Waals surface area contributed by atoms with Gasteiger partial charge in [0.2, 0.25) is 5.91 Å². The van der Waals surface area contributed by atoms with Crippen LogP contribution in [0.25, 0.3) is 10.9 Å². The van der Waals surface area contributed by atoms with E-state index >= 15 is 0 Å². The largest absolute Gasteiger partial charge is 0.351 e. The Morgan fingerprint density at radius 1 is 1.48 bits per heavy atom. The number of hydrogen-bond donors (Lipinski definition) is 2. The normalized spacial score (nSPS) is 12.3. The van der Waals surface area contributed by atoms with E-state index in [1.807, 2.05) is 6.07 Å². The number of amides is 1. The van der Waals surface area contributed by atoms with Gasteiger partial charge in [-0.2, -0.15) is 0 Å². The molecule has 1 amide bonds. The van der Waals surface area contributed by atoms with E-state index in [2.05, 4.69) is 33.2 Å². The number of unbranched alkanes of at least 4 members (excludes halogenated alkanes) is 1. The minimum atomic E-state index is -0.232. The fourth-order valence-corrected chi connectivity index (χ4v) is 2.73. The van der Waals surface area contributed by atoms with E-state index in [1.165, 1.54) is 10.9 Å². The van der Waals surface area contributed by atoms with Crippen molar-refractivity contribution in [3.05, 3.63) is 39.4 Å². The van der Waals surface area contributed by atoms with Crippen LogP contribution in [0.3, 0.4) is 0 Å². The van der Waals surface area contributed by atoms with E-state index in [4.69, 9.17) is 5.73 Å². The Balaban J connectivity index is 2.13. The summed E-state index contributed by atoms with van der Waals surface area (Å²) in [6.45, 7) is 2.42. The van der Waals surface area contributed by atoms with Crippen LogP contribution in [0.4, 0.5) is 0 Å². The summed E-state index contributed by atoms with van der Waals surface area (Å²) in [6, 6.07) is 5.25. The minimum Gasteiger partial charge on any atom is -0.351 e. The van der Waals surface area contributed by atoms with Gasteiger partial charge in [-0.15, -0.1) is 0 Å². The number of carbonyl (C=O) groups excluding carboxylic acids is 1. The smallest absolute Gasteiger partial charge is 0.261 e. The molecule has 0 aliphatic carbocycles. The van der Waals surface area contributed by atoms with E-state index in [-0.39, 0.29) is 24.1 Å². The summed E-state index contributed by atoms with van der Waals surface area (Å²) in [7, 11) is 0. The van der Waals surface area contributed by atoms with Crippen molar-refractivity contribution >= 4 is 32.7 Å². The first-order valence-electron chi connectivity index (χ1n) is 7.69. The van der Waals surface area contributed by atoms with Crippen molar-refractivity contribution in [2.45, 2.75) is 38.8 Å². The molecule has 1 atom stereocenters. The number of carbonyl (C=O) groups is 1. The van der Waals surface area contributed by atoms with E-state index in [1.54, 1.807) is 12.1 Å². The molecule has 23 heavy (non-hydrogen) atoms. The maximum atomic E-state index is 12.4. The van der Waals surface area contributed by atoms with Crippen LogP contribution in [0.15, 0.2) is 33.8 Å². The molecule has 124 valence electrons. The molecule has 2 rings (SSSR count). The van der Waals surface area contributed by atoms with E-state index in [9.17, 15) is 9.59 Å². The molecule has 7 heteroatoms. The highest BCUT2D eigenvalue weighted by atomic mass is 79.9. The molecule has 1 heterocycles. The SMILES string of the molecule is CCCCC(CN)NC(=O)Cn1cnc2ccc(Br)cc2c1=O. The number of nitrogens with two attached hydrogens (primary N) is 1. The van der Waals surface area contributed by atoms with Crippen molar-refractivity contribution in [2.75, 3.05) is 6.54 Å². The van der Waals surface area contributed by atoms with E-state index in [0.29, 0.717) is 17.4 Å². The lowest BCUT2D eigenvalue weighted by molar-refractivity contribution is -0.122. The highest BCUT2D eigenvalue weighted by Gasteiger charge is 2.12. The molecule has 0 spiro atoms. The van der Waals surface area contributed by atoms with Crippen molar-refractivity contribution in [1.29, 1.82) is 0 Å². The van der Waals surface area contributed by atoms with Crippen LogP contribution in [-0.4, -0.2) is 28.0 Å². The number of rotatable bonds is 7. The number of nitrogens with one attached hydrogen (secondary N) is 1. The van der Waals surface area contributed by atoms with Gasteiger partial charge in [-0.1, -0.05) is 35.7 Å². The van der Waals surface area contributed by atoms with Gasteiger partial charge in [-0.3, -0.25) is 14.2 Å². The summed E-state index contributed by atoms with van der Waals surface area (Å²) in [5, 5.41) is 3.36. The standard InChI is InChI=1S/C16H21BrN4O2/c1-2-3-4-12(8-18)20-15(22)9-21-10-19-14-6-5-11(17)7-13(14)16(21)23/h5-7,10,12H,2-4,8-9,18H2,1H3,(H,20,22). The first-order chi connectivity index (χ1) is 11.0. The quantitative estimate of drug-likeness (QED) is 0.765. The van der Waals surface area contributed by atoms with Crippen LogP contribution >= 0.6 is 15.9 Å². The summed E-state index contributed by atoms with van der Waals surface area (Å²) in [6.07, 6.45) is 4.31. The Kier molecular flexibility index (Phi) is 6.29. The molecule has 0 fully saturated rings. The van der Waals surface area contributed by atoms with Gasteiger partial charge in [0.05, 0.1) is 17.2 Å². The van der Waals surface area contributed by atoms with E-state index < -0.39 is 0 Å². The van der Waals surface area contributed by atoms with Gasteiger partial charge in [-0.05, 0) is 24.6 Å². The van der Waals surface area contributed by atoms with Crippen LogP contribution in [-0.2, 0) is 11.3 Å². The maximum Gasteiger partial charge on any atom is 0.261 e. The van der Waals surface area contributed by atoms with Gasteiger partial charge in [0.15, 0.2) is 0 Å². The third kappa shape index (κ3) is 4.62. The number of fused-ring (bicyclic) bond motifs is 1. The van der Waals surface area contributed by atoms with Crippen molar-refractivity contribution in [2.24, 2.45) is 5.73 Å². The second-order valence-electron chi connectivity index (χ2n) is 5.48. The van der Waals surface area contributed by atoms with Gasteiger partial charge < -0.3 is 11.1 Å². The van der Waals surface area contributed by atoms with Gasteiger partial charge in [-0.25, -0.2) is 4.98 Å². The molecule has 0 saturated heterocycles. The van der Waals surface area contributed by atoms with Crippen LogP contribution in [0.2, 0.25) is 0 Å². The summed E-state index contributed by atoms with van der Waals surface area (Å²) in [5.74, 6) is -0.227. The lowest BCUT2D eigenvalue weighted by atomic mass is 10.1. The molecular weight excluding hydrogens is 360 g/mol. The molecule has 0 aliphatic heterocycles. The molecule has 3 N–H and O–H groups in total.